The average Bonchev–Trinajstić information content (AvgIpc) is 3.00. The van der Waals surface area contributed by atoms with Crippen LogP contribution in [0.15, 0.2) is 48.5 Å². The summed E-state index contributed by atoms with van der Waals surface area (Å²) in [5.74, 6) is 0.330. The first-order chi connectivity index (χ1) is 12.2. The summed E-state index contributed by atoms with van der Waals surface area (Å²) in [7, 11) is 0. The number of halogens is 1. The number of aryl methyl sites for hydroxylation is 1. The van der Waals surface area contributed by atoms with E-state index in [1.54, 1.807) is 12.1 Å². The summed E-state index contributed by atoms with van der Waals surface area (Å²) in [5.41, 5.74) is 3.70. The second kappa shape index (κ2) is 6.14. The van der Waals surface area contributed by atoms with Gasteiger partial charge in [-0.1, -0.05) is 24.3 Å². The quantitative estimate of drug-likeness (QED) is 0.599. The van der Waals surface area contributed by atoms with Gasteiger partial charge in [-0.05, 0) is 30.7 Å². The van der Waals surface area contributed by atoms with Crippen LogP contribution in [-0.4, -0.2) is 19.7 Å². The van der Waals surface area contributed by atoms with Gasteiger partial charge < -0.3 is 10.4 Å². The van der Waals surface area contributed by atoms with Crippen molar-refractivity contribution in [1.29, 1.82) is 0 Å². The van der Waals surface area contributed by atoms with E-state index in [4.69, 9.17) is 5.11 Å². The van der Waals surface area contributed by atoms with Crippen molar-refractivity contribution in [3.8, 4) is 0 Å². The Morgan fingerprint density at radius 2 is 2.00 bits per heavy atom. The Hall–Kier alpha value is -2.99. The molecule has 0 aliphatic heterocycles. The highest BCUT2D eigenvalue weighted by molar-refractivity contribution is 5.91. The zero-order chi connectivity index (χ0) is 17.4. The maximum atomic E-state index is 13.8. The summed E-state index contributed by atoms with van der Waals surface area (Å²) in [4.78, 5) is 4.65. The molecule has 5 nitrogen and oxygen atoms in total. The molecule has 0 atom stereocenters. The maximum Gasteiger partial charge on any atom is 0.158 e. The van der Waals surface area contributed by atoms with Gasteiger partial charge in [0.25, 0.3) is 0 Å². The molecule has 0 spiro atoms. The van der Waals surface area contributed by atoms with Gasteiger partial charge in [0.1, 0.15) is 11.6 Å². The largest absolute Gasteiger partial charge is 0.392 e. The van der Waals surface area contributed by atoms with Crippen molar-refractivity contribution in [2.75, 3.05) is 5.32 Å². The fourth-order valence-electron chi connectivity index (χ4n) is 2.93. The van der Waals surface area contributed by atoms with E-state index in [1.165, 1.54) is 6.07 Å². The summed E-state index contributed by atoms with van der Waals surface area (Å²) in [6.45, 7) is 2.06. The number of aromatic nitrogens is 3. The Morgan fingerprint density at radius 1 is 1.16 bits per heavy atom. The molecule has 0 saturated heterocycles. The number of hydrogen-bond acceptors (Lipinski definition) is 4. The lowest BCUT2D eigenvalue weighted by Crippen LogP contribution is -2.05. The number of nitrogens with zero attached hydrogens (tertiary/aromatic N) is 3. The lowest BCUT2D eigenvalue weighted by Gasteiger charge is -2.11. The highest BCUT2D eigenvalue weighted by Gasteiger charge is 2.10. The number of para-hydroxylation sites is 1. The van der Waals surface area contributed by atoms with E-state index in [2.05, 4.69) is 15.4 Å². The molecule has 0 amide bonds. The monoisotopic (exact) mass is 336 g/mol. The van der Waals surface area contributed by atoms with E-state index >= 15 is 0 Å². The van der Waals surface area contributed by atoms with Crippen molar-refractivity contribution in [3.63, 3.8) is 0 Å². The van der Waals surface area contributed by atoms with Crippen molar-refractivity contribution in [1.82, 2.24) is 14.6 Å². The molecule has 6 heteroatoms. The molecule has 0 bridgehead atoms. The molecule has 2 N–H and O–H groups in total. The molecule has 0 aliphatic carbocycles. The molecule has 4 rings (SSSR count). The van der Waals surface area contributed by atoms with Gasteiger partial charge >= 0.3 is 0 Å². The van der Waals surface area contributed by atoms with Crippen molar-refractivity contribution >= 4 is 22.4 Å². The first-order valence-corrected chi connectivity index (χ1v) is 8.03. The van der Waals surface area contributed by atoms with Gasteiger partial charge in [0.2, 0.25) is 0 Å². The second-order valence-electron chi connectivity index (χ2n) is 5.97. The fraction of sp³-hybridized carbons (Fsp3) is 0.158. The average molecular weight is 336 g/mol. The normalized spacial score (nSPS) is 11.3. The molecular weight excluding hydrogens is 319 g/mol. The minimum absolute atomic E-state index is 0.295. The van der Waals surface area contributed by atoms with Crippen LogP contribution in [0.1, 0.15) is 16.8 Å². The van der Waals surface area contributed by atoms with Gasteiger partial charge in [0, 0.05) is 23.6 Å². The molecule has 0 unspecified atom stereocenters. The third-order valence-electron chi connectivity index (χ3n) is 4.17. The minimum atomic E-state index is -0.401. The molecule has 126 valence electrons. The van der Waals surface area contributed by atoms with Gasteiger partial charge in [-0.2, -0.15) is 5.10 Å². The zero-order valence-corrected chi connectivity index (χ0v) is 13.7. The van der Waals surface area contributed by atoms with Crippen molar-refractivity contribution in [2.24, 2.45) is 0 Å². The third kappa shape index (κ3) is 2.81. The van der Waals surface area contributed by atoms with E-state index in [1.807, 2.05) is 41.8 Å². The SMILES string of the molecule is Cc1cc2nc(NCc3ccc(CO)c(F)c3)c3ccccc3n2n1. The van der Waals surface area contributed by atoms with Gasteiger partial charge in [-0.15, -0.1) is 0 Å². The van der Waals surface area contributed by atoms with E-state index in [9.17, 15) is 4.39 Å². The van der Waals surface area contributed by atoms with Crippen LogP contribution in [0.4, 0.5) is 10.2 Å². The maximum absolute atomic E-state index is 13.8. The highest BCUT2D eigenvalue weighted by atomic mass is 19.1. The Morgan fingerprint density at radius 3 is 2.80 bits per heavy atom. The first kappa shape index (κ1) is 15.5. The van der Waals surface area contributed by atoms with Crippen molar-refractivity contribution in [3.05, 3.63) is 71.2 Å². The van der Waals surface area contributed by atoms with Crippen LogP contribution in [-0.2, 0) is 13.2 Å². The summed E-state index contributed by atoms with van der Waals surface area (Å²) < 4.78 is 15.7. The Balaban J connectivity index is 1.72. The summed E-state index contributed by atoms with van der Waals surface area (Å²) in [6.07, 6.45) is 0. The van der Waals surface area contributed by atoms with Crippen molar-refractivity contribution < 1.29 is 9.50 Å². The number of aliphatic hydroxyl groups is 1. The van der Waals surface area contributed by atoms with Crippen LogP contribution in [0.5, 0.6) is 0 Å². The molecule has 2 aromatic carbocycles. The molecular formula is C19H17FN4O. The number of benzene rings is 2. The van der Waals surface area contributed by atoms with E-state index in [0.29, 0.717) is 12.1 Å². The topological polar surface area (TPSA) is 62.5 Å². The standard InChI is InChI=1S/C19H17FN4O/c1-12-8-18-22-19(15-4-2-3-5-17(15)24(18)23-12)21-10-13-6-7-14(11-25)16(20)9-13/h2-9,25H,10-11H2,1H3,(H,21,22). The molecule has 2 heterocycles. The molecule has 4 aromatic rings. The zero-order valence-electron chi connectivity index (χ0n) is 13.7. The van der Waals surface area contributed by atoms with Gasteiger partial charge in [0.15, 0.2) is 5.65 Å². The number of nitrogens with one attached hydrogen (secondary N) is 1. The van der Waals surface area contributed by atoms with Crippen LogP contribution in [0.25, 0.3) is 16.6 Å². The highest BCUT2D eigenvalue weighted by Crippen LogP contribution is 2.24. The summed E-state index contributed by atoms with van der Waals surface area (Å²) >= 11 is 0. The molecule has 25 heavy (non-hydrogen) atoms. The van der Waals surface area contributed by atoms with Crippen LogP contribution >= 0.6 is 0 Å². The Labute approximate surface area is 143 Å². The number of rotatable bonds is 4. The number of fused-ring (bicyclic) bond motifs is 3. The summed E-state index contributed by atoms with van der Waals surface area (Å²) in [5, 5.41) is 17.8. The predicted molar refractivity (Wildman–Crippen MR) is 94.9 cm³/mol. The smallest absolute Gasteiger partial charge is 0.158 e. The lowest BCUT2D eigenvalue weighted by molar-refractivity contribution is 0.275. The fourth-order valence-corrected chi connectivity index (χ4v) is 2.93. The van der Waals surface area contributed by atoms with Gasteiger partial charge in [-0.25, -0.2) is 13.9 Å². The molecule has 0 fully saturated rings. The van der Waals surface area contributed by atoms with Crippen LogP contribution < -0.4 is 5.32 Å². The molecule has 2 aromatic heterocycles. The summed E-state index contributed by atoms with van der Waals surface area (Å²) in [6, 6.07) is 14.6. The Bertz CT molecular complexity index is 1070. The first-order valence-electron chi connectivity index (χ1n) is 8.03. The van der Waals surface area contributed by atoms with Crippen LogP contribution in [0, 0.1) is 12.7 Å². The minimum Gasteiger partial charge on any atom is -0.392 e. The van der Waals surface area contributed by atoms with E-state index in [0.717, 1.165) is 33.6 Å². The number of aliphatic hydroxyl groups excluding tert-OH is 1. The van der Waals surface area contributed by atoms with E-state index in [-0.39, 0.29) is 6.61 Å². The molecule has 0 radical (unpaired) electrons. The predicted octanol–water partition coefficient (Wildman–Crippen LogP) is 3.43. The van der Waals surface area contributed by atoms with E-state index < -0.39 is 5.82 Å². The molecule has 0 saturated carbocycles. The molecule has 0 aliphatic rings. The Kier molecular flexibility index (Phi) is 3.82. The van der Waals surface area contributed by atoms with Crippen molar-refractivity contribution in [2.45, 2.75) is 20.1 Å². The van der Waals surface area contributed by atoms with Gasteiger partial charge in [-0.3, -0.25) is 0 Å². The van der Waals surface area contributed by atoms with Crippen LogP contribution in [0.3, 0.4) is 0 Å². The number of anilines is 1. The lowest BCUT2D eigenvalue weighted by atomic mass is 10.1. The second-order valence-corrected chi connectivity index (χ2v) is 5.97. The van der Waals surface area contributed by atoms with Crippen LogP contribution in [0.2, 0.25) is 0 Å². The van der Waals surface area contributed by atoms with Gasteiger partial charge in [0.05, 0.1) is 17.8 Å². The number of hydrogen-bond donors (Lipinski definition) is 2. The third-order valence-corrected chi connectivity index (χ3v) is 4.17.